The van der Waals surface area contributed by atoms with Gasteiger partial charge in [-0.3, -0.25) is 19.3 Å². The van der Waals surface area contributed by atoms with E-state index in [1.165, 1.54) is 12.0 Å². The summed E-state index contributed by atoms with van der Waals surface area (Å²) < 4.78 is 5.10. The van der Waals surface area contributed by atoms with E-state index >= 15 is 0 Å². The third-order valence-electron chi connectivity index (χ3n) is 6.76. The molecule has 6 nitrogen and oxygen atoms in total. The van der Waals surface area contributed by atoms with Crippen molar-refractivity contribution in [2.24, 2.45) is 11.8 Å². The lowest BCUT2D eigenvalue weighted by atomic mass is 9.85. The van der Waals surface area contributed by atoms with Gasteiger partial charge in [-0.05, 0) is 42.8 Å². The van der Waals surface area contributed by atoms with Gasteiger partial charge in [-0.2, -0.15) is 0 Å². The molecular weight excluding hydrogens is 428 g/mol. The number of imide groups is 1. The number of nitrogens with zero attached hydrogens (tertiary/aromatic N) is 2. The number of hydrogen-bond donors (Lipinski definition) is 0. The van der Waals surface area contributed by atoms with Crippen LogP contribution in [0.1, 0.15) is 22.8 Å². The van der Waals surface area contributed by atoms with Gasteiger partial charge in [0.15, 0.2) is 5.78 Å². The summed E-state index contributed by atoms with van der Waals surface area (Å²) in [5, 5.41) is 0.531. The van der Waals surface area contributed by atoms with Gasteiger partial charge in [-0.25, -0.2) is 0 Å². The Labute approximate surface area is 191 Å². The second-order valence-corrected chi connectivity index (χ2v) is 8.89. The fourth-order valence-electron chi connectivity index (χ4n) is 5.35. The van der Waals surface area contributed by atoms with Crippen molar-refractivity contribution < 1.29 is 19.1 Å². The van der Waals surface area contributed by atoms with E-state index in [9.17, 15) is 14.4 Å². The first-order valence-corrected chi connectivity index (χ1v) is 11.0. The molecule has 0 saturated carbocycles. The lowest BCUT2D eigenvalue weighted by Gasteiger charge is -2.38. The third-order valence-corrected chi connectivity index (χ3v) is 7.01. The Kier molecular flexibility index (Phi) is 5.14. The highest BCUT2D eigenvalue weighted by molar-refractivity contribution is 6.30. The Morgan fingerprint density at radius 3 is 2.44 bits per heavy atom. The average Bonchev–Trinajstić information content (AvgIpc) is 3.25. The van der Waals surface area contributed by atoms with Gasteiger partial charge in [-0.15, -0.1) is 0 Å². The zero-order valence-electron chi connectivity index (χ0n) is 17.8. The number of para-hydroxylation sites is 1. The second kappa shape index (κ2) is 7.87. The highest BCUT2D eigenvalue weighted by atomic mass is 35.5. The Morgan fingerprint density at radius 1 is 1.03 bits per heavy atom. The molecule has 2 aromatic carbocycles. The molecule has 4 atom stereocenters. The topological polar surface area (TPSA) is 66.9 Å². The molecule has 32 heavy (non-hydrogen) atoms. The fourth-order valence-corrected chi connectivity index (χ4v) is 5.47. The van der Waals surface area contributed by atoms with Crippen molar-refractivity contribution in [3.63, 3.8) is 0 Å². The number of amides is 2. The Bertz CT molecular complexity index is 1140. The van der Waals surface area contributed by atoms with Crippen LogP contribution < -0.4 is 4.90 Å². The van der Waals surface area contributed by atoms with Crippen molar-refractivity contribution in [3.8, 4) is 0 Å². The summed E-state index contributed by atoms with van der Waals surface area (Å²) in [5.74, 6) is -2.08. The number of rotatable bonds is 5. The maximum atomic E-state index is 13.8. The monoisotopic (exact) mass is 450 g/mol. The van der Waals surface area contributed by atoms with Crippen molar-refractivity contribution in [1.29, 1.82) is 0 Å². The van der Waals surface area contributed by atoms with E-state index in [-0.39, 0.29) is 36.8 Å². The smallest absolute Gasteiger partial charge is 0.235 e. The number of halogens is 1. The fraction of sp³-hybridized carbons (Fsp3) is 0.320. The summed E-state index contributed by atoms with van der Waals surface area (Å²) in [5.41, 5.74) is 3.39. The van der Waals surface area contributed by atoms with Crippen molar-refractivity contribution >= 4 is 40.5 Å². The molecule has 0 unspecified atom stereocenters. The molecule has 2 amide bonds. The number of likely N-dealkylation sites (tertiary alicyclic amines) is 1. The number of methoxy groups -OCH3 is 1. The van der Waals surface area contributed by atoms with E-state index in [2.05, 4.69) is 0 Å². The van der Waals surface area contributed by atoms with Crippen LogP contribution in [-0.2, 0) is 14.3 Å². The lowest BCUT2D eigenvalue weighted by Crippen LogP contribution is -2.49. The largest absolute Gasteiger partial charge is 0.383 e. The maximum Gasteiger partial charge on any atom is 0.235 e. The first-order valence-electron chi connectivity index (χ1n) is 10.6. The Hall–Kier alpha value is -2.96. The summed E-state index contributed by atoms with van der Waals surface area (Å²) in [6, 6.07) is 13.4. The summed E-state index contributed by atoms with van der Waals surface area (Å²) in [6.07, 6.45) is 2.03. The molecule has 0 aliphatic carbocycles. The minimum atomic E-state index is -0.777. The molecule has 5 rings (SSSR count). The van der Waals surface area contributed by atoms with Crippen molar-refractivity contribution in [1.82, 2.24) is 4.90 Å². The number of ether oxygens (including phenoxy) is 1. The number of hydrogen-bond acceptors (Lipinski definition) is 5. The summed E-state index contributed by atoms with van der Waals surface area (Å²) in [6.45, 7) is 2.46. The van der Waals surface area contributed by atoms with Crippen LogP contribution in [0.4, 0.5) is 5.69 Å². The predicted molar refractivity (Wildman–Crippen MR) is 122 cm³/mol. The van der Waals surface area contributed by atoms with Crippen LogP contribution in [0.15, 0.2) is 54.6 Å². The van der Waals surface area contributed by atoms with E-state index in [4.69, 9.17) is 16.3 Å². The molecule has 2 saturated heterocycles. The van der Waals surface area contributed by atoms with Crippen LogP contribution in [0, 0.1) is 11.8 Å². The highest BCUT2D eigenvalue weighted by Crippen LogP contribution is 2.50. The molecule has 3 aliphatic rings. The van der Waals surface area contributed by atoms with Gasteiger partial charge < -0.3 is 9.64 Å². The van der Waals surface area contributed by atoms with Crippen LogP contribution in [0.2, 0.25) is 5.02 Å². The molecule has 0 N–H and O–H groups in total. The van der Waals surface area contributed by atoms with E-state index in [1.807, 2.05) is 42.2 Å². The number of ketones is 1. The normalized spacial score (nSPS) is 26.0. The molecule has 0 aromatic heterocycles. The van der Waals surface area contributed by atoms with Gasteiger partial charge in [0.1, 0.15) is 6.04 Å². The second-order valence-electron chi connectivity index (χ2n) is 8.45. The zero-order chi connectivity index (χ0) is 22.6. The van der Waals surface area contributed by atoms with E-state index in [1.54, 1.807) is 24.3 Å². The first kappa shape index (κ1) is 20.9. The maximum absolute atomic E-state index is 13.8. The molecule has 2 aromatic rings. The van der Waals surface area contributed by atoms with Gasteiger partial charge >= 0.3 is 0 Å². The number of fused-ring (bicyclic) bond motifs is 5. The van der Waals surface area contributed by atoms with Gasteiger partial charge in [0, 0.05) is 28.9 Å². The molecule has 0 spiro atoms. The molecule has 3 heterocycles. The molecule has 0 bridgehead atoms. The van der Waals surface area contributed by atoms with Gasteiger partial charge in [-0.1, -0.05) is 35.9 Å². The Morgan fingerprint density at radius 2 is 1.72 bits per heavy atom. The number of benzene rings is 2. The van der Waals surface area contributed by atoms with Gasteiger partial charge in [0.25, 0.3) is 0 Å². The van der Waals surface area contributed by atoms with E-state index in [0.29, 0.717) is 10.6 Å². The standard InChI is InChI=1S/C25H23ClN2O4/c1-14-13-19-20-21(25(31)27(24(20)30)11-12-32-2)22(23(29)15-7-9-16(26)10-8-15)28(19)18-6-4-3-5-17(14)18/h3-10,13,19-22H,11-12H2,1-2H3/t19-,20-,21-,22-/m0/s1. The van der Waals surface area contributed by atoms with Crippen LogP contribution in [0.3, 0.4) is 0 Å². The van der Waals surface area contributed by atoms with Gasteiger partial charge in [0.2, 0.25) is 11.8 Å². The molecule has 2 fully saturated rings. The third kappa shape index (κ3) is 3.01. The number of anilines is 1. The highest BCUT2D eigenvalue weighted by Gasteiger charge is 2.64. The molecule has 7 heteroatoms. The number of allylic oxidation sites excluding steroid dienone is 1. The lowest BCUT2D eigenvalue weighted by molar-refractivity contribution is -0.141. The SMILES string of the molecule is COCCN1C(=O)[C@@H]2[C@H](C1=O)[C@@H](C(=O)c1ccc(Cl)cc1)N1c3ccccc3C(C)=C[C@@H]21. The number of carbonyl (C=O) groups is 3. The quantitative estimate of drug-likeness (QED) is 0.515. The Balaban J connectivity index is 1.64. The molecule has 0 radical (unpaired) electrons. The zero-order valence-corrected chi connectivity index (χ0v) is 18.6. The average molecular weight is 451 g/mol. The molecule has 164 valence electrons. The van der Waals surface area contributed by atoms with Crippen molar-refractivity contribution in [2.45, 2.75) is 19.0 Å². The predicted octanol–water partition coefficient (Wildman–Crippen LogP) is 3.44. The number of Topliss-reactive ketones (excluding diaryl/α,β-unsaturated/α-hetero) is 1. The minimum Gasteiger partial charge on any atom is -0.383 e. The van der Waals surface area contributed by atoms with Crippen LogP contribution in [0.25, 0.3) is 5.57 Å². The van der Waals surface area contributed by atoms with Crippen LogP contribution >= 0.6 is 11.6 Å². The van der Waals surface area contributed by atoms with Crippen LogP contribution in [0.5, 0.6) is 0 Å². The van der Waals surface area contributed by atoms with E-state index < -0.39 is 17.9 Å². The van der Waals surface area contributed by atoms with E-state index in [0.717, 1.165) is 16.8 Å². The summed E-state index contributed by atoms with van der Waals surface area (Å²) in [4.78, 5) is 43.9. The minimum absolute atomic E-state index is 0.184. The van der Waals surface area contributed by atoms with Crippen LogP contribution in [-0.4, -0.2) is 54.8 Å². The van der Waals surface area contributed by atoms with Crippen molar-refractivity contribution in [2.75, 3.05) is 25.2 Å². The molecule has 3 aliphatic heterocycles. The van der Waals surface area contributed by atoms with Crippen molar-refractivity contribution in [3.05, 3.63) is 70.8 Å². The summed E-state index contributed by atoms with van der Waals surface area (Å²) >= 11 is 6.02. The molecular formula is C25H23ClN2O4. The number of carbonyl (C=O) groups excluding carboxylic acids is 3. The first-order chi connectivity index (χ1) is 15.4. The summed E-state index contributed by atoms with van der Waals surface area (Å²) in [7, 11) is 1.53. The van der Waals surface area contributed by atoms with Gasteiger partial charge in [0.05, 0.1) is 31.0 Å².